The number of aromatic nitrogens is 14. The molecule has 0 amide bonds. The van der Waals surface area contributed by atoms with Gasteiger partial charge in [0.25, 0.3) is 5.71 Å². The molecule has 0 bridgehead atoms. The molecular weight excluding hydrogens is 1310 g/mol. The summed E-state index contributed by atoms with van der Waals surface area (Å²) in [5.74, 6) is 4.54. The van der Waals surface area contributed by atoms with E-state index >= 15 is 0 Å². The van der Waals surface area contributed by atoms with Gasteiger partial charge in [0.15, 0.2) is 116 Å². The number of furan rings is 4. The van der Waals surface area contributed by atoms with Crippen LogP contribution in [0.4, 0.5) is 5.69 Å². The van der Waals surface area contributed by atoms with Gasteiger partial charge in [0.2, 0.25) is 16.2 Å². The SMILES string of the molecule is Cc1ccc2c(oc3c2nc(C)n3C)c1-n1ccc[n+]1C.Cc1nc2c(o1)oc1c(N3C=CN(C)[C@@H]3C)c(C)ccc12.Cc1nc2c(o1)oc1cc(-n3ccc[n+]3C)c(C)cc12.Cc1nc2c(o1)sc1c(-n3ccc[n+]3C)c(C)ccc12.Cc1nc2oc3c(-n4ccc[n+]4C)c(C)ccc3c2o1. The van der Waals surface area contributed by atoms with Crippen LogP contribution in [0.2, 0.25) is 0 Å². The Hall–Kier alpha value is -12.3. The summed E-state index contributed by atoms with van der Waals surface area (Å²) in [7, 11) is 12.1. The van der Waals surface area contributed by atoms with Crippen molar-refractivity contribution >= 4 is 127 Å². The number of fused-ring (bicyclic) bond motifs is 15. The van der Waals surface area contributed by atoms with Gasteiger partial charge in [-0.1, -0.05) is 41.7 Å². The lowest BCUT2D eigenvalue weighted by molar-refractivity contribution is -0.744. The van der Waals surface area contributed by atoms with E-state index in [2.05, 4.69) is 169 Å². The second-order valence-electron chi connectivity index (χ2n) is 26.1. The number of oxazole rings is 4. The molecule has 0 aliphatic carbocycles. The van der Waals surface area contributed by atoms with Crippen LogP contribution in [-0.4, -0.2) is 66.3 Å². The lowest BCUT2D eigenvalue weighted by atomic mass is 10.1. The number of thiophene rings is 1. The number of hydrogen-bond donors (Lipinski definition) is 0. The van der Waals surface area contributed by atoms with Crippen molar-refractivity contribution in [1.82, 2.24) is 53.1 Å². The molecule has 24 nitrogen and oxygen atoms in total. The van der Waals surface area contributed by atoms with Crippen LogP contribution in [0.1, 0.15) is 64.1 Å². The fourth-order valence-corrected chi connectivity index (χ4v) is 14.9. The van der Waals surface area contributed by atoms with Crippen LogP contribution < -0.4 is 23.6 Å². The van der Waals surface area contributed by atoms with E-state index in [-0.39, 0.29) is 6.17 Å². The number of hydrogen-bond acceptors (Lipinski definition) is 16. The first-order chi connectivity index (χ1) is 49.1. The van der Waals surface area contributed by atoms with Crippen LogP contribution in [0.5, 0.6) is 0 Å². The topological polar surface area (TPSA) is 216 Å². The Morgan fingerprint density at radius 2 is 0.902 bits per heavy atom. The summed E-state index contributed by atoms with van der Waals surface area (Å²) in [5.41, 5.74) is 20.2. The minimum atomic E-state index is 0.250. The third-order valence-electron chi connectivity index (χ3n) is 19.1. The molecule has 0 spiro atoms. The predicted octanol–water partition coefficient (Wildman–Crippen LogP) is 15.2. The zero-order chi connectivity index (χ0) is 71.0. The van der Waals surface area contributed by atoms with Gasteiger partial charge in [-0.2, -0.15) is 4.98 Å². The van der Waals surface area contributed by atoms with Crippen molar-refractivity contribution < 1.29 is 54.1 Å². The highest BCUT2D eigenvalue weighted by molar-refractivity contribution is 7.25. The van der Waals surface area contributed by atoms with Gasteiger partial charge in [0.05, 0.1) is 56.7 Å². The monoisotopic (exact) mass is 1380 g/mol. The van der Waals surface area contributed by atoms with Crippen molar-refractivity contribution in [3.8, 4) is 22.7 Å². The number of benzene rings is 5. The van der Waals surface area contributed by atoms with Crippen LogP contribution in [0.15, 0.2) is 182 Å². The van der Waals surface area contributed by atoms with Crippen molar-refractivity contribution in [3.05, 3.63) is 204 Å². The smallest absolute Gasteiger partial charge is 0.319 e. The third kappa shape index (κ3) is 10.7. The molecule has 5 aromatic carbocycles. The van der Waals surface area contributed by atoms with E-state index in [1.807, 2.05) is 173 Å². The highest BCUT2D eigenvalue weighted by Gasteiger charge is 2.29. The van der Waals surface area contributed by atoms with E-state index in [0.29, 0.717) is 40.5 Å². The lowest BCUT2D eigenvalue weighted by Gasteiger charge is -2.28. The maximum absolute atomic E-state index is 6.16. The van der Waals surface area contributed by atoms with Crippen LogP contribution in [0.3, 0.4) is 0 Å². The molecule has 0 N–H and O–H groups in total. The minimum Gasteiger partial charge on any atom is -0.437 e. The Kier molecular flexibility index (Phi) is 15.5. The third-order valence-corrected chi connectivity index (χ3v) is 20.2. The molecule has 19 aromatic rings. The Balaban J connectivity index is 0.0000000987. The highest BCUT2D eigenvalue weighted by atomic mass is 32.1. The molecule has 20 rings (SSSR count). The molecular formula is C77H76N16O8S+4. The van der Waals surface area contributed by atoms with Crippen LogP contribution in [0.25, 0.3) is 132 Å². The van der Waals surface area contributed by atoms with Crippen molar-refractivity contribution in [3.63, 3.8) is 0 Å². The average Bonchev–Trinajstić information content (AvgIpc) is 1.39. The van der Waals surface area contributed by atoms with Crippen LogP contribution in [-0.2, 0) is 35.2 Å². The summed E-state index contributed by atoms with van der Waals surface area (Å²) >= 11 is 1.67. The number of nitrogens with zero attached hydrogens (tertiary/aromatic N) is 16. The molecule has 102 heavy (non-hydrogen) atoms. The second-order valence-corrected chi connectivity index (χ2v) is 27.0. The lowest BCUT2D eigenvalue weighted by Crippen LogP contribution is -2.37. The van der Waals surface area contributed by atoms with E-state index in [9.17, 15) is 0 Å². The van der Waals surface area contributed by atoms with Gasteiger partial charge in [-0.3, -0.25) is 0 Å². The van der Waals surface area contributed by atoms with Gasteiger partial charge in [0, 0.05) is 89.9 Å². The van der Waals surface area contributed by atoms with Gasteiger partial charge in [-0.25, -0.2) is 19.9 Å². The molecule has 0 radical (unpaired) electrons. The number of anilines is 1. The zero-order valence-electron chi connectivity index (χ0n) is 59.8. The van der Waals surface area contributed by atoms with E-state index in [0.717, 1.165) is 128 Å². The minimum absolute atomic E-state index is 0.250. The molecule has 1 atom stereocenters. The Morgan fingerprint density at radius 3 is 1.49 bits per heavy atom. The molecule has 0 fully saturated rings. The molecule has 514 valence electrons. The summed E-state index contributed by atoms with van der Waals surface area (Å²) in [6.07, 6.45) is 20.6. The normalized spacial score (nSPS) is 13.2. The molecule has 1 aliphatic rings. The van der Waals surface area contributed by atoms with Gasteiger partial charge in [-0.05, 0) is 101 Å². The molecule has 15 heterocycles. The average molecular weight is 1390 g/mol. The van der Waals surface area contributed by atoms with E-state index < -0.39 is 0 Å². The van der Waals surface area contributed by atoms with Gasteiger partial charge >= 0.3 is 11.6 Å². The Labute approximate surface area is 587 Å². The van der Waals surface area contributed by atoms with Gasteiger partial charge in [0.1, 0.15) is 40.0 Å². The maximum Gasteiger partial charge on any atom is 0.319 e. The van der Waals surface area contributed by atoms with Crippen molar-refractivity contribution in [2.45, 2.75) is 82.3 Å². The first kappa shape index (κ1) is 64.4. The summed E-state index contributed by atoms with van der Waals surface area (Å²) in [6, 6.07) is 28.9. The fraction of sp³-hybridized carbons (Fsp3) is 0.234. The van der Waals surface area contributed by atoms with Crippen LogP contribution in [0, 0.1) is 69.2 Å². The second kappa shape index (κ2) is 24.6. The number of imidazole rings is 1. The maximum atomic E-state index is 6.16. The summed E-state index contributed by atoms with van der Waals surface area (Å²) < 4.78 is 65.8. The molecule has 1 aliphatic heterocycles. The van der Waals surface area contributed by atoms with Crippen molar-refractivity contribution in [2.24, 2.45) is 35.2 Å². The zero-order valence-corrected chi connectivity index (χ0v) is 60.6. The van der Waals surface area contributed by atoms with Gasteiger partial charge < -0.3 is 49.7 Å². The quantitative estimate of drug-likeness (QED) is 0.146. The number of aryl methyl sites for hydroxylation is 15. The largest absolute Gasteiger partial charge is 0.437 e. The standard InChI is InChI=1S/C16H17N4O.C16H17N3O2.2C15H14N3O2.C15H14N3OS/c1-10-6-7-12-13-16(19(4)11(2)17-13)21-15(12)14(10)20-9-5-8-18(20)3;1-9-5-6-12-13-16(20-10(2)17-13)21-15(12)14(9)19-8-7-18(4)11(19)3;1-9-5-6-11-13(12(9)18-8-4-7-17(18)3)20-15-14(11)19-10(2)16-15;1-9-7-11-13(20-15-14(11)16-10(2)19-15)8-12(9)18-6-4-5-17(18)3;1-9-5-6-11-12-15(19-10(2)16-12)20-14(11)13(9)18-8-4-7-17(18)3/h5-9H,1-4H3;5-8,11H,1-4H3;3*4-8H,1-3H3/q+1;;3*+1/t;11-;;;/m.0.../s1. The predicted molar refractivity (Wildman–Crippen MR) is 389 cm³/mol. The van der Waals surface area contributed by atoms with Gasteiger partial charge in [-0.15, -0.1) is 37.5 Å². The molecule has 14 aromatic heterocycles. The van der Waals surface area contributed by atoms with E-state index in [1.54, 1.807) is 11.3 Å². The van der Waals surface area contributed by atoms with E-state index in [1.165, 1.54) is 27.1 Å². The Bertz CT molecular complexity index is 6350. The van der Waals surface area contributed by atoms with E-state index in [4.69, 9.17) is 35.3 Å². The first-order valence-electron chi connectivity index (χ1n) is 33.4. The Morgan fingerprint density at radius 1 is 0.412 bits per heavy atom. The van der Waals surface area contributed by atoms with Crippen molar-refractivity contribution in [2.75, 3.05) is 11.9 Å². The molecule has 0 unspecified atom stereocenters. The molecule has 25 heteroatoms. The number of rotatable bonds is 5. The summed E-state index contributed by atoms with van der Waals surface area (Å²) in [6.45, 7) is 22.0. The van der Waals surface area contributed by atoms with Crippen LogP contribution >= 0.6 is 11.3 Å². The summed E-state index contributed by atoms with van der Waals surface area (Å²) in [4.78, 5) is 27.5. The van der Waals surface area contributed by atoms with Crippen molar-refractivity contribution in [1.29, 1.82) is 0 Å². The highest BCUT2D eigenvalue weighted by Crippen LogP contribution is 2.42. The summed E-state index contributed by atoms with van der Waals surface area (Å²) in [5, 5.41) is 5.17. The molecule has 0 saturated heterocycles. The molecule has 0 saturated carbocycles. The fourth-order valence-electron chi connectivity index (χ4n) is 13.7. The first-order valence-corrected chi connectivity index (χ1v) is 34.2.